The smallest absolute Gasteiger partial charge is 0.340 e. The highest BCUT2D eigenvalue weighted by atomic mass is 32.2. The van der Waals surface area contributed by atoms with Gasteiger partial charge in [-0.15, -0.1) is 0 Å². The van der Waals surface area contributed by atoms with E-state index >= 15 is 0 Å². The van der Waals surface area contributed by atoms with Gasteiger partial charge in [0.25, 0.3) is 0 Å². The third-order valence-electron chi connectivity index (χ3n) is 3.89. The van der Waals surface area contributed by atoms with E-state index in [0.29, 0.717) is 25.2 Å². The number of carboxylic acids is 1. The van der Waals surface area contributed by atoms with Crippen LogP contribution in [0.25, 0.3) is 0 Å². The molecule has 0 saturated carbocycles. The van der Waals surface area contributed by atoms with Gasteiger partial charge in [0.1, 0.15) is 11.4 Å². The Morgan fingerprint density at radius 1 is 1.54 bits per heavy atom. The Bertz CT molecular complexity index is 715. The Hall–Kier alpha value is -1.71. The summed E-state index contributed by atoms with van der Waals surface area (Å²) < 4.78 is 51.3. The minimum atomic E-state index is -3.93. The lowest BCUT2D eigenvalue weighted by Gasteiger charge is -2.21. The Labute approximate surface area is 139 Å². The summed E-state index contributed by atoms with van der Waals surface area (Å²) >= 11 is 0. The molecule has 7 nitrogen and oxygen atoms in total. The van der Waals surface area contributed by atoms with Crippen molar-refractivity contribution in [2.24, 2.45) is 5.92 Å². The molecule has 2 unspecified atom stereocenters. The minimum absolute atomic E-state index is 0.0558. The van der Waals surface area contributed by atoms with Crippen molar-refractivity contribution >= 4 is 21.7 Å². The minimum Gasteiger partial charge on any atom is -0.478 e. The number of aryl methyl sites for hydroxylation is 1. The van der Waals surface area contributed by atoms with Gasteiger partial charge in [-0.3, -0.25) is 4.72 Å². The number of anilines is 1. The van der Waals surface area contributed by atoms with E-state index in [1.807, 2.05) is 0 Å². The molecule has 1 aliphatic rings. The maximum absolute atomic E-state index is 13.9. The van der Waals surface area contributed by atoms with Gasteiger partial charge in [0.05, 0.1) is 24.2 Å². The van der Waals surface area contributed by atoms with E-state index in [4.69, 9.17) is 14.6 Å². The topological polar surface area (TPSA) is 102 Å². The number of benzene rings is 1. The molecule has 1 aromatic carbocycles. The van der Waals surface area contributed by atoms with Gasteiger partial charge in [-0.1, -0.05) is 0 Å². The summed E-state index contributed by atoms with van der Waals surface area (Å²) in [4.78, 5) is 11.2. The highest BCUT2D eigenvalue weighted by molar-refractivity contribution is 7.92. The van der Waals surface area contributed by atoms with Crippen LogP contribution in [-0.2, 0) is 19.5 Å². The first kappa shape index (κ1) is 18.6. The normalized spacial score (nSPS) is 19.2. The summed E-state index contributed by atoms with van der Waals surface area (Å²) in [5.74, 6) is -2.96. The van der Waals surface area contributed by atoms with Crippen LogP contribution in [-0.4, -0.2) is 51.7 Å². The van der Waals surface area contributed by atoms with E-state index in [1.165, 1.54) is 13.2 Å². The lowest BCUT2D eigenvalue weighted by atomic mass is 10.0. The van der Waals surface area contributed by atoms with Crippen LogP contribution in [0.1, 0.15) is 22.3 Å². The van der Waals surface area contributed by atoms with E-state index in [-0.39, 0.29) is 17.4 Å². The van der Waals surface area contributed by atoms with E-state index in [2.05, 4.69) is 4.72 Å². The number of aromatic carboxylic acids is 1. The van der Waals surface area contributed by atoms with Crippen LogP contribution >= 0.6 is 0 Å². The largest absolute Gasteiger partial charge is 0.478 e. The Kier molecular flexibility index (Phi) is 5.79. The first-order chi connectivity index (χ1) is 11.2. The zero-order chi connectivity index (χ0) is 17.9. The first-order valence-corrected chi connectivity index (χ1v) is 9.03. The van der Waals surface area contributed by atoms with Gasteiger partial charge in [-0.2, -0.15) is 0 Å². The zero-order valence-corrected chi connectivity index (χ0v) is 14.2. The molecule has 2 rings (SSSR count). The van der Waals surface area contributed by atoms with Crippen LogP contribution in [0.15, 0.2) is 12.1 Å². The van der Waals surface area contributed by atoms with Crippen molar-refractivity contribution in [2.45, 2.75) is 19.4 Å². The summed E-state index contributed by atoms with van der Waals surface area (Å²) in [5.41, 5.74) is -0.595. The predicted molar refractivity (Wildman–Crippen MR) is 85.2 cm³/mol. The number of methoxy groups -OCH3 is 1. The summed E-state index contributed by atoms with van der Waals surface area (Å²) in [6.07, 6.45) is 0.0981. The molecular formula is C15H20FNO6S. The van der Waals surface area contributed by atoms with Crippen LogP contribution in [0.5, 0.6) is 0 Å². The van der Waals surface area contributed by atoms with E-state index in [0.717, 1.165) is 6.07 Å². The molecule has 0 radical (unpaired) electrons. The second kappa shape index (κ2) is 7.45. The van der Waals surface area contributed by atoms with Gasteiger partial charge in [0.15, 0.2) is 0 Å². The fraction of sp³-hybridized carbons (Fsp3) is 0.533. The summed E-state index contributed by atoms with van der Waals surface area (Å²) in [7, 11) is -2.52. The molecule has 1 fully saturated rings. The number of halogens is 1. The van der Waals surface area contributed by atoms with Gasteiger partial charge in [0.2, 0.25) is 10.0 Å². The molecule has 0 aliphatic carbocycles. The molecule has 0 bridgehead atoms. The molecule has 1 aliphatic heterocycles. The molecular weight excluding hydrogens is 341 g/mol. The molecule has 2 atom stereocenters. The van der Waals surface area contributed by atoms with Gasteiger partial charge in [0, 0.05) is 19.6 Å². The van der Waals surface area contributed by atoms with Crippen molar-refractivity contribution < 1.29 is 32.2 Å². The molecule has 9 heteroatoms. The van der Waals surface area contributed by atoms with Crippen LogP contribution in [0.3, 0.4) is 0 Å². The van der Waals surface area contributed by atoms with Crippen LogP contribution in [0.2, 0.25) is 0 Å². The molecule has 1 saturated heterocycles. The van der Waals surface area contributed by atoms with Gasteiger partial charge in [-0.25, -0.2) is 17.6 Å². The highest BCUT2D eigenvalue weighted by Gasteiger charge is 2.31. The molecule has 1 aromatic rings. The SMILES string of the molecule is COC(CS(=O)(=O)Nc1cc(C)cc(F)c1C(=O)O)C1CCOC1. The third-order valence-corrected chi connectivity index (χ3v) is 5.19. The van der Waals surface area contributed by atoms with Crippen molar-refractivity contribution in [1.82, 2.24) is 0 Å². The number of ether oxygens (including phenoxy) is 2. The number of nitrogens with one attached hydrogen (secondary N) is 1. The molecule has 0 spiro atoms. The molecule has 1 heterocycles. The number of hydrogen-bond donors (Lipinski definition) is 2. The van der Waals surface area contributed by atoms with Crippen molar-refractivity contribution in [3.8, 4) is 0 Å². The lowest BCUT2D eigenvalue weighted by Crippen LogP contribution is -2.34. The quantitative estimate of drug-likeness (QED) is 0.765. The zero-order valence-electron chi connectivity index (χ0n) is 13.4. The maximum atomic E-state index is 13.9. The second-order valence-electron chi connectivity index (χ2n) is 5.76. The van der Waals surface area contributed by atoms with Crippen molar-refractivity contribution in [3.63, 3.8) is 0 Å². The number of rotatable bonds is 7. The fourth-order valence-electron chi connectivity index (χ4n) is 2.71. The monoisotopic (exact) mass is 361 g/mol. The van der Waals surface area contributed by atoms with Crippen molar-refractivity contribution in [2.75, 3.05) is 30.8 Å². The van der Waals surface area contributed by atoms with Crippen LogP contribution in [0.4, 0.5) is 10.1 Å². The lowest BCUT2D eigenvalue weighted by molar-refractivity contribution is 0.0612. The second-order valence-corrected chi connectivity index (χ2v) is 7.52. The summed E-state index contributed by atoms with van der Waals surface area (Å²) in [6.45, 7) is 2.50. The number of hydrogen-bond acceptors (Lipinski definition) is 5. The molecule has 134 valence electrons. The van der Waals surface area contributed by atoms with E-state index < -0.39 is 33.5 Å². The van der Waals surface area contributed by atoms with Crippen LogP contribution in [0, 0.1) is 18.7 Å². The Balaban J connectivity index is 2.24. The van der Waals surface area contributed by atoms with Gasteiger partial charge in [-0.05, 0) is 31.0 Å². The van der Waals surface area contributed by atoms with E-state index in [9.17, 15) is 17.6 Å². The predicted octanol–water partition coefficient (Wildman–Crippen LogP) is 1.63. The molecule has 2 N–H and O–H groups in total. The maximum Gasteiger partial charge on any atom is 0.340 e. The number of carbonyl (C=O) groups is 1. The fourth-order valence-corrected chi connectivity index (χ4v) is 4.13. The number of carboxylic acid groups (broad SMARTS) is 1. The van der Waals surface area contributed by atoms with Crippen molar-refractivity contribution in [1.29, 1.82) is 0 Å². The highest BCUT2D eigenvalue weighted by Crippen LogP contribution is 2.25. The Morgan fingerprint density at radius 3 is 2.79 bits per heavy atom. The standard InChI is InChI=1S/C15H20FNO6S/c1-9-5-11(16)14(15(18)19)12(6-9)17-24(20,21)8-13(22-2)10-3-4-23-7-10/h5-6,10,13,17H,3-4,7-8H2,1-2H3,(H,18,19). The molecule has 24 heavy (non-hydrogen) atoms. The van der Waals surface area contributed by atoms with Gasteiger partial charge < -0.3 is 14.6 Å². The average Bonchev–Trinajstić information content (AvgIpc) is 2.96. The van der Waals surface area contributed by atoms with Crippen molar-refractivity contribution in [3.05, 3.63) is 29.1 Å². The number of sulfonamides is 1. The summed E-state index contributed by atoms with van der Waals surface area (Å²) in [6, 6.07) is 2.32. The van der Waals surface area contributed by atoms with Crippen LogP contribution < -0.4 is 4.72 Å². The first-order valence-electron chi connectivity index (χ1n) is 7.38. The third kappa shape index (κ3) is 4.43. The van der Waals surface area contributed by atoms with E-state index in [1.54, 1.807) is 6.92 Å². The molecule has 0 amide bonds. The van der Waals surface area contributed by atoms with Gasteiger partial charge >= 0.3 is 5.97 Å². The molecule has 0 aromatic heterocycles. The average molecular weight is 361 g/mol. The summed E-state index contributed by atoms with van der Waals surface area (Å²) in [5, 5.41) is 9.12. The Morgan fingerprint density at radius 2 is 2.25 bits per heavy atom.